The third-order valence-electron chi connectivity index (χ3n) is 4.07. The van der Waals surface area contributed by atoms with Gasteiger partial charge in [-0.3, -0.25) is 4.79 Å². The molecule has 1 aliphatic carbocycles. The summed E-state index contributed by atoms with van der Waals surface area (Å²) in [6, 6.07) is 8.31. The lowest BCUT2D eigenvalue weighted by atomic mass is 10.1. The van der Waals surface area contributed by atoms with E-state index in [1.54, 1.807) is 0 Å². The first kappa shape index (κ1) is 13.1. The minimum atomic E-state index is 0.238. The van der Waals surface area contributed by atoms with Gasteiger partial charge in [0.15, 0.2) is 0 Å². The van der Waals surface area contributed by atoms with Crippen LogP contribution in [0.5, 0.6) is 0 Å². The van der Waals surface area contributed by atoms with Crippen LogP contribution in [0, 0.1) is 0 Å². The molecule has 1 aromatic rings. The summed E-state index contributed by atoms with van der Waals surface area (Å²) in [6.45, 7) is 1.43. The average Bonchev–Trinajstić information content (AvgIpc) is 2.89. The third-order valence-corrected chi connectivity index (χ3v) is 4.60. The monoisotopic (exact) mass is 323 g/mol. The van der Waals surface area contributed by atoms with Gasteiger partial charge in [-0.05, 0) is 37.0 Å². The van der Waals surface area contributed by atoms with Gasteiger partial charge in [0.05, 0.1) is 25.2 Å². The van der Waals surface area contributed by atoms with Crippen LogP contribution in [0.3, 0.4) is 0 Å². The molecule has 0 unspecified atom stereocenters. The smallest absolute Gasteiger partial charge is 0.227 e. The minimum absolute atomic E-state index is 0.238. The van der Waals surface area contributed by atoms with Crippen LogP contribution < -0.4 is 0 Å². The normalized spacial score (nSPS) is 26.3. The second kappa shape index (κ2) is 5.63. The Morgan fingerprint density at radius 2 is 2.11 bits per heavy atom. The standard InChI is InChI=1S/C15H18BrNO2/c16-12-6-4-11(5-7-12)10-15(18)17-8-9-19-14-3-1-2-13(14)17/h4-7,13-14H,1-3,8-10H2/t13-,14-/m0/s1. The summed E-state index contributed by atoms with van der Waals surface area (Å²) < 4.78 is 6.80. The highest BCUT2D eigenvalue weighted by Gasteiger charge is 2.38. The second-order valence-electron chi connectivity index (χ2n) is 5.30. The number of hydrogen-bond donors (Lipinski definition) is 0. The van der Waals surface area contributed by atoms with Crippen molar-refractivity contribution in [3.8, 4) is 0 Å². The molecule has 102 valence electrons. The van der Waals surface area contributed by atoms with Gasteiger partial charge in [-0.1, -0.05) is 28.1 Å². The maximum absolute atomic E-state index is 12.5. The molecular weight excluding hydrogens is 306 g/mol. The Bertz CT molecular complexity index is 460. The molecule has 0 radical (unpaired) electrons. The Morgan fingerprint density at radius 3 is 2.89 bits per heavy atom. The first-order valence-electron chi connectivity index (χ1n) is 6.89. The van der Waals surface area contributed by atoms with Crippen LogP contribution >= 0.6 is 15.9 Å². The van der Waals surface area contributed by atoms with E-state index in [1.807, 2.05) is 29.2 Å². The molecule has 0 spiro atoms. The Balaban J connectivity index is 1.67. The zero-order valence-corrected chi connectivity index (χ0v) is 12.4. The van der Waals surface area contributed by atoms with Crippen molar-refractivity contribution in [2.45, 2.75) is 37.8 Å². The lowest BCUT2D eigenvalue weighted by Crippen LogP contribution is -2.51. The van der Waals surface area contributed by atoms with E-state index in [1.165, 1.54) is 6.42 Å². The molecule has 1 amide bonds. The van der Waals surface area contributed by atoms with E-state index < -0.39 is 0 Å². The number of fused-ring (bicyclic) bond motifs is 1. The minimum Gasteiger partial charge on any atom is -0.374 e. The number of hydrogen-bond acceptors (Lipinski definition) is 2. The Kier molecular flexibility index (Phi) is 3.89. The van der Waals surface area contributed by atoms with Crippen molar-refractivity contribution in [3.05, 3.63) is 34.3 Å². The number of amides is 1. The summed E-state index contributed by atoms with van der Waals surface area (Å²) in [6.07, 6.45) is 4.15. The summed E-state index contributed by atoms with van der Waals surface area (Å²) in [7, 11) is 0. The van der Waals surface area contributed by atoms with Crippen molar-refractivity contribution < 1.29 is 9.53 Å². The summed E-state index contributed by atoms with van der Waals surface area (Å²) >= 11 is 3.41. The third kappa shape index (κ3) is 2.84. The summed E-state index contributed by atoms with van der Waals surface area (Å²) in [5.41, 5.74) is 1.08. The van der Waals surface area contributed by atoms with Crippen LogP contribution in [-0.2, 0) is 16.0 Å². The van der Waals surface area contributed by atoms with Crippen LogP contribution in [0.25, 0.3) is 0 Å². The van der Waals surface area contributed by atoms with Gasteiger partial charge in [-0.2, -0.15) is 0 Å². The van der Waals surface area contributed by atoms with Crippen molar-refractivity contribution in [1.29, 1.82) is 0 Å². The van der Waals surface area contributed by atoms with Gasteiger partial charge in [0.2, 0.25) is 5.91 Å². The molecule has 1 saturated carbocycles. The number of halogens is 1. The highest BCUT2D eigenvalue weighted by molar-refractivity contribution is 9.10. The number of morpholine rings is 1. The lowest BCUT2D eigenvalue weighted by Gasteiger charge is -2.37. The highest BCUT2D eigenvalue weighted by atomic mass is 79.9. The Morgan fingerprint density at radius 1 is 1.32 bits per heavy atom. The van der Waals surface area contributed by atoms with Gasteiger partial charge in [0, 0.05) is 11.0 Å². The highest BCUT2D eigenvalue weighted by Crippen LogP contribution is 2.30. The zero-order chi connectivity index (χ0) is 13.2. The number of rotatable bonds is 2. The van der Waals surface area contributed by atoms with Gasteiger partial charge < -0.3 is 9.64 Å². The van der Waals surface area contributed by atoms with Gasteiger partial charge in [0.1, 0.15) is 0 Å². The van der Waals surface area contributed by atoms with Crippen LogP contribution in [0.1, 0.15) is 24.8 Å². The number of carbonyl (C=O) groups excluding carboxylic acids is 1. The molecule has 0 N–H and O–H groups in total. The molecule has 2 aliphatic rings. The predicted octanol–water partition coefficient (Wildman–Crippen LogP) is 2.77. The SMILES string of the molecule is O=C(Cc1ccc(Br)cc1)N1CCO[C@H]2CCC[C@@H]21. The maximum atomic E-state index is 12.5. The maximum Gasteiger partial charge on any atom is 0.227 e. The van der Waals surface area contributed by atoms with Crippen molar-refractivity contribution in [1.82, 2.24) is 4.90 Å². The summed E-state index contributed by atoms with van der Waals surface area (Å²) in [4.78, 5) is 14.5. The molecule has 3 nitrogen and oxygen atoms in total. The van der Waals surface area contributed by atoms with E-state index in [4.69, 9.17) is 4.74 Å². The van der Waals surface area contributed by atoms with Gasteiger partial charge >= 0.3 is 0 Å². The van der Waals surface area contributed by atoms with E-state index in [0.717, 1.165) is 29.4 Å². The topological polar surface area (TPSA) is 29.5 Å². The number of carbonyl (C=O) groups is 1. The number of nitrogens with zero attached hydrogens (tertiary/aromatic N) is 1. The Labute approximate surface area is 122 Å². The molecule has 1 saturated heterocycles. The fourth-order valence-corrected chi connectivity index (χ4v) is 3.38. The van der Waals surface area contributed by atoms with E-state index in [0.29, 0.717) is 19.1 Å². The molecule has 1 heterocycles. The Hall–Kier alpha value is -0.870. The lowest BCUT2D eigenvalue weighted by molar-refractivity contribution is -0.143. The quantitative estimate of drug-likeness (QED) is 0.837. The van der Waals surface area contributed by atoms with Crippen molar-refractivity contribution >= 4 is 21.8 Å². The van der Waals surface area contributed by atoms with E-state index in [-0.39, 0.29) is 12.0 Å². The van der Waals surface area contributed by atoms with Crippen molar-refractivity contribution in [3.63, 3.8) is 0 Å². The van der Waals surface area contributed by atoms with E-state index in [9.17, 15) is 4.79 Å². The van der Waals surface area contributed by atoms with Crippen LogP contribution in [0.2, 0.25) is 0 Å². The second-order valence-corrected chi connectivity index (χ2v) is 6.21. The van der Waals surface area contributed by atoms with Gasteiger partial charge in [-0.15, -0.1) is 0 Å². The first-order valence-corrected chi connectivity index (χ1v) is 7.69. The number of ether oxygens (including phenoxy) is 1. The molecule has 1 aromatic carbocycles. The average molecular weight is 324 g/mol. The van der Waals surface area contributed by atoms with Crippen LogP contribution in [0.15, 0.2) is 28.7 Å². The molecule has 3 rings (SSSR count). The van der Waals surface area contributed by atoms with Gasteiger partial charge in [-0.25, -0.2) is 0 Å². The van der Waals surface area contributed by atoms with E-state index in [2.05, 4.69) is 15.9 Å². The first-order chi connectivity index (χ1) is 9.24. The molecule has 0 aromatic heterocycles. The van der Waals surface area contributed by atoms with E-state index >= 15 is 0 Å². The largest absolute Gasteiger partial charge is 0.374 e. The van der Waals surface area contributed by atoms with Crippen LogP contribution in [0.4, 0.5) is 0 Å². The fourth-order valence-electron chi connectivity index (χ4n) is 3.11. The number of benzene rings is 1. The van der Waals surface area contributed by atoms with Crippen molar-refractivity contribution in [2.24, 2.45) is 0 Å². The molecular formula is C15H18BrNO2. The predicted molar refractivity (Wildman–Crippen MR) is 76.9 cm³/mol. The molecule has 2 atom stereocenters. The van der Waals surface area contributed by atoms with Crippen LogP contribution in [-0.4, -0.2) is 36.1 Å². The fraction of sp³-hybridized carbons (Fsp3) is 0.533. The molecule has 1 aliphatic heterocycles. The molecule has 4 heteroatoms. The van der Waals surface area contributed by atoms with Crippen molar-refractivity contribution in [2.75, 3.05) is 13.2 Å². The molecule has 2 fully saturated rings. The summed E-state index contributed by atoms with van der Waals surface area (Å²) in [5, 5.41) is 0. The van der Waals surface area contributed by atoms with Gasteiger partial charge in [0.25, 0.3) is 0 Å². The molecule has 0 bridgehead atoms. The summed E-state index contributed by atoms with van der Waals surface area (Å²) in [5.74, 6) is 0.238. The molecule has 19 heavy (non-hydrogen) atoms. The zero-order valence-electron chi connectivity index (χ0n) is 10.8.